The van der Waals surface area contributed by atoms with Crippen LogP contribution in [0.3, 0.4) is 0 Å². The zero-order valence-electron chi connectivity index (χ0n) is 14.3. The minimum absolute atomic E-state index is 0.0549. The number of amides is 1. The summed E-state index contributed by atoms with van der Waals surface area (Å²) in [5.41, 5.74) is 0.467. The fraction of sp³-hybridized carbons (Fsp3) is 0.941. The molecule has 1 rings (SSSR count). The number of carbonyl (C=O) groups is 1. The molecule has 1 unspecified atom stereocenters. The Bertz CT molecular complexity index is 306. The highest BCUT2D eigenvalue weighted by molar-refractivity contribution is 5.81. The van der Waals surface area contributed by atoms with Gasteiger partial charge in [0.25, 0.3) is 0 Å². The molecule has 1 fully saturated rings. The Kier molecular flexibility index (Phi) is 6.50. The van der Waals surface area contributed by atoms with Gasteiger partial charge in [0.05, 0.1) is 6.04 Å². The van der Waals surface area contributed by atoms with E-state index in [4.69, 9.17) is 0 Å². The third-order valence-electron chi connectivity index (χ3n) is 5.45. The van der Waals surface area contributed by atoms with Crippen molar-refractivity contribution in [1.29, 1.82) is 0 Å². The highest BCUT2D eigenvalue weighted by atomic mass is 16.2. The van der Waals surface area contributed by atoms with Gasteiger partial charge in [0, 0.05) is 19.6 Å². The molecule has 0 radical (unpaired) electrons. The van der Waals surface area contributed by atoms with E-state index in [1.807, 2.05) is 20.9 Å². The topological polar surface area (TPSA) is 32.3 Å². The van der Waals surface area contributed by atoms with E-state index in [1.165, 1.54) is 32.1 Å². The molecule has 1 aliphatic carbocycles. The quantitative estimate of drug-likeness (QED) is 0.809. The molecule has 20 heavy (non-hydrogen) atoms. The second kappa shape index (κ2) is 7.44. The first-order chi connectivity index (χ1) is 9.31. The fourth-order valence-electron chi connectivity index (χ4n) is 3.24. The maximum Gasteiger partial charge on any atom is 0.239 e. The average molecular weight is 282 g/mol. The minimum atomic E-state index is -0.0549. The van der Waals surface area contributed by atoms with E-state index in [1.54, 1.807) is 4.90 Å². The van der Waals surface area contributed by atoms with E-state index in [9.17, 15) is 4.79 Å². The monoisotopic (exact) mass is 282 g/mol. The van der Waals surface area contributed by atoms with Gasteiger partial charge in [0.2, 0.25) is 5.91 Å². The van der Waals surface area contributed by atoms with E-state index in [-0.39, 0.29) is 11.9 Å². The molecule has 118 valence electrons. The molecule has 1 N–H and O–H groups in total. The first-order valence-electron chi connectivity index (χ1n) is 8.32. The van der Waals surface area contributed by atoms with E-state index in [2.05, 4.69) is 26.1 Å². The molecule has 0 heterocycles. The number of carbonyl (C=O) groups excluding carboxylic acids is 1. The summed E-state index contributed by atoms with van der Waals surface area (Å²) in [5, 5.41) is 3.53. The van der Waals surface area contributed by atoms with Crippen LogP contribution in [0.5, 0.6) is 0 Å². The van der Waals surface area contributed by atoms with Crippen molar-refractivity contribution >= 4 is 5.91 Å². The van der Waals surface area contributed by atoms with Gasteiger partial charge in [-0.05, 0) is 50.9 Å². The Morgan fingerprint density at radius 2 is 1.80 bits per heavy atom. The van der Waals surface area contributed by atoms with Crippen molar-refractivity contribution in [2.45, 2.75) is 78.8 Å². The fourth-order valence-corrected chi connectivity index (χ4v) is 3.24. The summed E-state index contributed by atoms with van der Waals surface area (Å²) < 4.78 is 0. The van der Waals surface area contributed by atoms with E-state index in [0.29, 0.717) is 11.5 Å². The van der Waals surface area contributed by atoms with Gasteiger partial charge >= 0.3 is 0 Å². The van der Waals surface area contributed by atoms with E-state index < -0.39 is 0 Å². The van der Waals surface area contributed by atoms with Gasteiger partial charge in [0.1, 0.15) is 0 Å². The Labute approximate surface area is 125 Å². The van der Waals surface area contributed by atoms with Crippen LogP contribution in [0.25, 0.3) is 0 Å². The van der Waals surface area contributed by atoms with Crippen molar-refractivity contribution in [3.05, 3.63) is 0 Å². The van der Waals surface area contributed by atoms with Crippen LogP contribution in [-0.2, 0) is 4.79 Å². The standard InChI is InChI=1S/C17H34N2O/c1-7-17(4,5)14-9-11-15(12-10-14)18-13(3)16(20)19(6)8-2/h13-15,18H,7-12H2,1-6H3. The molecular formula is C17H34N2O. The van der Waals surface area contributed by atoms with Crippen molar-refractivity contribution in [1.82, 2.24) is 10.2 Å². The Balaban J connectivity index is 2.41. The maximum absolute atomic E-state index is 12.1. The van der Waals surface area contributed by atoms with Gasteiger partial charge in [-0.3, -0.25) is 4.79 Å². The van der Waals surface area contributed by atoms with Gasteiger partial charge in [0.15, 0.2) is 0 Å². The largest absolute Gasteiger partial charge is 0.345 e. The predicted octanol–water partition coefficient (Wildman–Crippen LogP) is 3.44. The molecule has 0 spiro atoms. The van der Waals surface area contributed by atoms with Crippen LogP contribution >= 0.6 is 0 Å². The van der Waals surface area contributed by atoms with Crippen LogP contribution in [0.1, 0.15) is 66.7 Å². The van der Waals surface area contributed by atoms with Crippen LogP contribution in [0.2, 0.25) is 0 Å². The highest BCUT2D eigenvalue weighted by Gasteiger charge is 2.32. The number of nitrogens with zero attached hydrogens (tertiary/aromatic N) is 1. The van der Waals surface area contributed by atoms with Gasteiger partial charge < -0.3 is 10.2 Å². The van der Waals surface area contributed by atoms with Crippen molar-refractivity contribution in [2.75, 3.05) is 13.6 Å². The minimum Gasteiger partial charge on any atom is -0.345 e. The number of rotatable bonds is 6. The number of nitrogens with one attached hydrogen (secondary N) is 1. The molecule has 1 aliphatic rings. The lowest BCUT2D eigenvalue weighted by Crippen LogP contribution is -2.48. The SMILES string of the molecule is CCN(C)C(=O)C(C)NC1CCC(C(C)(C)CC)CC1. The van der Waals surface area contributed by atoms with Crippen LogP contribution in [0.15, 0.2) is 0 Å². The van der Waals surface area contributed by atoms with Crippen molar-refractivity contribution in [2.24, 2.45) is 11.3 Å². The van der Waals surface area contributed by atoms with E-state index >= 15 is 0 Å². The summed E-state index contributed by atoms with van der Waals surface area (Å²) in [4.78, 5) is 13.9. The molecule has 3 nitrogen and oxygen atoms in total. The van der Waals surface area contributed by atoms with Crippen molar-refractivity contribution in [3.8, 4) is 0 Å². The zero-order valence-corrected chi connectivity index (χ0v) is 14.3. The van der Waals surface area contributed by atoms with Crippen LogP contribution < -0.4 is 5.32 Å². The molecule has 1 saturated carbocycles. The molecule has 0 aliphatic heterocycles. The lowest BCUT2D eigenvalue weighted by molar-refractivity contribution is -0.131. The van der Waals surface area contributed by atoms with Crippen LogP contribution in [-0.4, -0.2) is 36.5 Å². The summed E-state index contributed by atoms with van der Waals surface area (Å²) >= 11 is 0. The van der Waals surface area contributed by atoms with E-state index in [0.717, 1.165) is 12.5 Å². The first kappa shape index (κ1) is 17.5. The maximum atomic E-state index is 12.1. The van der Waals surface area contributed by atoms with Crippen LogP contribution in [0, 0.1) is 11.3 Å². The smallest absolute Gasteiger partial charge is 0.239 e. The molecule has 0 aromatic heterocycles. The first-order valence-corrected chi connectivity index (χ1v) is 8.32. The molecule has 0 aromatic carbocycles. The molecule has 1 amide bonds. The van der Waals surface area contributed by atoms with Crippen molar-refractivity contribution < 1.29 is 4.79 Å². The molecule has 3 heteroatoms. The van der Waals surface area contributed by atoms with Crippen molar-refractivity contribution in [3.63, 3.8) is 0 Å². The summed E-state index contributed by atoms with van der Waals surface area (Å²) in [6.07, 6.45) is 6.27. The predicted molar refractivity (Wildman–Crippen MR) is 85.7 cm³/mol. The van der Waals surface area contributed by atoms with Crippen LogP contribution in [0.4, 0.5) is 0 Å². The third kappa shape index (κ3) is 4.47. The molecule has 1 atom stereocenters. The zero-order chi connectivity index (χ0) is 15.3. The van der Waals surface area contributed by atoms with Gasteiger partial charge in [-0.1, -0.05) is 27.2 Å². The summed E-state index contributed by atoms with van der Waals surface area (Å²) in [5.74, 6) is 1.05. The normalized spacial score (nSPS) is 25.3. The lowest BCUT2D eigenvalue weighted by Gasteiger charge is -2.39. The molecule has 0 saturated heterocycles. The Hall–Kier alpha value is -0.570. The number of likely N-dealkylation sites (N-methyl/N-ethyl adjacent to an activating group) is 1. The Morgan fingerprint density at radius 3 is 2.25 bits per heavy atom. The third-order valence-corrected chi connectivity index (χ3v) is 5.45. The second-order valence-electron chi connectivity index (χ2n) is 7.13. The summed E-state index contributed by atoms with van der Waals surface area (Å²) in [6.45, 7) is 11.9. The summed E-state index contributed by atoms with van der Waals surface area (Å²) in [7, 11) is 1.88. The molecular weight excluding hydrogens is 248 g/mol. The average Bonchev–Trinajstić information content (AvgIpc) is 2.46. The Morgan fingerprint density at radius 1 is 1.25 bits per heavy atom. The van der Waals surface area contributed by atoms with Gasteiger partial charge in [-0.2, -0.15) is 0 Å². The molecule has 0 aromatic rings. The number of hydrogen-bond donors (Lipinski definition) is 1. The lowest BCUT2D eigenvalue weighted by atomic mass is 9.69. The second-order valence-corrected chi connectivity index (χ2v) is 7.13. The molecule has 0 bridgehead atoms. The number of hydrogen-bond acceptors (Lipinski definition) is 2. The van der Waals surface area contributed by atoms with Gasteiger partial charge in [-0.15, -0.1) is 0 Å². The summed E-state index contributed by atoms with van der Waals surface area (Å²) in [6, 6.07) is 0.462. The highest BCUT2D eigenvalue weighted by Crippen LogP contribution is 2.40. The van der Waals surface area contributed by atoms with Gasteiger partial charge in [-0.25, -0.2) is 0 Å².